The van der Waals surface area contributed by atoms with Crippen LogP contribution in [-0.2, 0) is 4.74 Å². The van der Waals surface area contributed by atoms with Gasteiger partial charge >= 0.3 is 0 Å². The first-order valence-electron chi connectivity index (χ1n) is 5.80. The number of alkyl halides is 1. The molecule has 3 heteroatoms. The predicted octanol–water partition coefficient (Wildman–Crippen LogP) is 4.68. The van der Waals surface area contributed by atoms with E-state index in [0.29, 0.717) is 17.5 Å². The van der Waals surface area contributed by atoms with Crippen LogP contribution in [0.3, 0.4) is 0 Å². The van der Waals surface area contributed by atoms with E-state index in [1.807, 2.05) is 54.6 Å². The lowest BCUT2D eigenvalue weighted by Crippen LogP contribution is -2.08. The van der Waals surface area contributed by atoms with Crippen molar-refractivity contribution in [2.75, 3.05) is 12.5 Å². The SMILES string of the molecule is ClCCOC(c1ccccc1)c1ccccc1Cl. The Labute approximate surface area is 117 Å². The molecule has 0 radical (unpaired) electrons. The molecular formula is C15H14Cl2O. The lowest BCUT2D eigenvalue weighted by atomic mass is 10.0. The smallest absolute Gasteiger partial charge is 0.109 e. The lowest BCUT2D eigenvalue weighted by molar-refractivity contribution is 0.0930. The molecule has 18 heavy (non-hydrogen) atoms. The third-order valence-electron chi connectivity index (χ3n) is 2.65. The van der Waals surface area contributed by atoms with Crippen molar-refractivity contribution in [1.29, 1.82) is 0 Å². The zero-order valence-electron chi connectivity index (χ0n) is 9.85. The molecule has 0 fully saturated rings. The first-order valence-corrected chi connectivity index (χ1v) is 6.71. The molecule has 0 saturated carbocycles. The van der Waals surface area contributed by atoms with E-state index in [2.05, 4.69) is 0 Å². The van der Waals surface area contributed by atoms with E-state index in [4.69, 9.17) is 27.9 Å². The van der Waals surface area contributed by atoms with Gasteiger partial charge in [0, 0.05) is 16.5 Å². The molecule has 0 aromatic heterocycles. The minimum Gasteiger partial charge on any atom is -0.367 e. The molecule has 0 heterocycles. The van der Waals surface area contributed by atoms with Crippen molar-refractivity contribution in [3.8, 4) is 0 Å². The van der Waals surface area contributed by atoms with Gasteiger partial charge in [-0.1, -0.05) is 60.1 Å². The van der Waals surface area contributed by atoms with Gasteiger partial charge in [0.2, 0.25) is 0 Å². The van der Waals surface area contributed by atoms with Crippen LogP contribution in [-0.4, -0.2) is 12.5 Å². The third-order valence-corrected chi connectivity index (χ3v) is 3.15. The van der Waals surface area contributed by atoms with Gasteiger partial charge in [-0.25, -0.2) is 0 Å². The van der Waals surface area contributed by atoms with Crippen molar-refractivity contribution in [2.24, 2.45) is 0 Å². The van der Waals surface area contributed by atoms with Crippen LogP contribution >= 0.6 is 23.2 Å². The molecule has 1 nitrogen and oxygen atoms in total. The highest BCUT2D eigenvalue weighted by Crippen LogP contribution is 2.31. The molecule has 2 aromatic carbocycles. The molecule has 2 aromatic rings. The number of rotatable bonds is 5. The first kappa shape index (κ1) is 13.4. The summed E-state index contributed by atoms with van der Waals surface area (Å²) in [5.41, 5.74) is 2.05. The molecule has 0 N–H and O–H groups in total. The van der Waals surface area contributed by atoms with Crippen LogP contribution in [0.5, 0.6) is 0 Å². The standard InChI is InChI=1S/C15H14Cl2O/c16-10-11-18-15(12-6-2-1-3-7-12)13-8-4-5-9-14(13)17/h1-9,15H,10-11H2. The summed E-state index contributed by atoms with van der Waals surface area (Å²) in [7, 11) is 0. The highest BCUT2D eigenvalue weighted by Gasteiger charge is 2.16. The van der Waals surface area contributed by atoms with Gasteiger partial charge in [0.05, 0.1) is 6.61 Å². The highest BCUT2D eigenvalue weighted by atomic mass is 35.5. The molecule has 1 atom stereocenters. The van der Waals surface area contributed by atoms with Crippen LogP contribution < -0.4 is 0 Å². The van der Waals surface area contributed by atoms with Crippen molar-refractivity contribution < 1.29 is 4.74 Å². The largest absolute Gasteiger partial charge is 0.367 e. The predicted molar refractivity (Wildman–Crippen MR) is 76.4 cm³/mol. The van der Waals surface area contributed by atoms with E-state index < -0.39 is 0 Å². The Bertz CT molecular complexity index is 485. The van der Waals surface area contributed by atoms with Crippen LogP contribution in [0.15, 0.2) is 54.6 Å². The molecule has 0 bridgehead atoms. The Hall–Kier alpha value is -1.02. The summed E-state index contributed by atoms with van der Waals surface area (Å²) in [5, 5.41) is 0.709. The summed E-state index contributed by atoms with van der Waals surface area (Å²) < 4.78 is 5.83. The maximum Gasteiger partial charge on any atom is 0.109 e. The number of ether oxygens (including phenoxy) is 1. The van der Waals surface area contributed by atoms with E-state index in [-0.39, 0.29) is 6.10 Å². The minimum atomic E-state index is -0.168. The maximum absolute atomic E-state index is 6.23. The average Bonchev–Trinajstić information content (AvgIpc) is 2.42. The fraction of sp³-hybridized carbons (Fsp3) is 0.200. The van der Waals surface area contributed by atoms with E-state index in [1.165, 1.54) is 0 Å². The number of halogens is 2. The topological polar surface area (TPSA) is 9.23 Å². The summed E-state index contributed by atoms with van der Waals surface area (Å²) in [4.78, 5) is 0. The molecule has 2 rings (SSSR count). The van der Waals surface area contributed by atoms with Crippen LogP contribution in [0.1, 0.15) is 17.2 Å². The molecular weight excluding hydrogens is 267 g/mol. The number of hydrogen-bond donors (Lipinski definition) is 0. The Morgan fingerprint density at radius 1 is 0.944 bits per heavy atom. The second kappa shape index (κ2) is 6.79. The summed E-state index contributed by atoms with van der Waals surface area (Å²) >= 11 is 11.9. The van der Waals surface area contributed by atoms with Crippen molar-refractivity contribution in [3.63, 3.8) is 0 Å². The lowest BCUT2D eigenvalue weighted by Gasteiger charge is -2.19. The Balaban J connectivity index is 2.34. The van der Waals surface area contributed by atoms with Crippen molar-refractivity contribution in [2.45, 2.75) is 6.10 Å². The summed E-state index contributed by atoms with van der Waals surface area (Å²) in [6.45, 7) is 0.492. The second-order valence-electron chi connectivity index (χ2n) is 3.87. The minimum absolute atomic E-state index is 0.168. The average molecular weight is 281 g/mol. The van der Waals surface area contributed by atoms with Gasteiger partial charge in [-0.2, -0.15) is 0 Å². The highest BCUT2D eigenvalue weighted by molar-refractivity contribution is 6.31. The van der Waals surface area contributed by atoms with Gasteiger partial charge in [-0.15, -0.1) is 11.6 Å². The van der Waals surface area contributed by atoms with E-state index in [9.17, 15) is 0 Å². The number of hydrogen-bond acceptors (Lipinski definition) is 1. The first-order chi connectivity index (χ1) is 8.83. The Morgan fingerprint density at radius 3 is 2.28 bits per heavy atom. The zero-order chi connectivity index (χ0) is 12.8. The van der Waals surface area contributed by atoms with E-state index in [0.717, 1.165) is 11.1 Å². The van der Waals surface area contributed by atoms with Crippen LogP contribution in [0.25, 0.3) is 0 Å². The second-order valence-corrected chi connectivity index (χ2v) is 4.66. The molecule has 1 unspecified atom stereocenters. The van der Waals surface area contributed by atoms with Crippen molar-refractivity contribution in [1.82, 2.24) is 0 Å². The molecule has 94 valence electrons. The molecule has 0 saturated heterocycles. The normalized spacial score (nSPS) is 12.3. The van der Waals surface area contributed by atoms with Crippen molar-refractivity contribution >= 4 is 23.2 Å². The van der Waals surface area contributed by atoms with E-state index in [1.54, 1.807) is 0 Å². The third kappa shape index (κ3) is 3.26. The fourth-order valence-electron chi connectivity index (χ4n) is 1.84. The van der Waals surface area contributed by atoms with Crippen molar-refractivity contribution in [3.05, 3.63) is 70.7 Å². The Kier molecular flexibility index (Phi) is 5.06. The van der Waals surface area contributed by atoms with Gasteiger partial charge in [-0.3, -0.25) is 0 Å². The maximum atomic E-state index is 6.23. The quantitative estimate of drug-likeness (QED) is 0.723. The molecule has 0 aliphatic carbocycles. The summed E-state index contributed by atoms with van der Waals surface area (Å²) in [6.07, 6.45) is -0.168. The van der Waals surface area contributed by atoms with Crippen LogP contribution in [0, 0.1) is 0 Å². The molecule has 0 aliphatic heterocycles. The van der Waals surface area contributed by atoms with Gasteiger partial charge < -0.3 is 4.74 Å². The molecule has 0 aliphatic rings. The summed E-state index contributed by atoms with van der Waals surface area (Å²) in [6, 6.07) is 17.7. The van der Waals surface area contributed by atoms with Crippen LogP contribution in [0.4, 0.5) is 0 Å². The fourth-order valence-corrected chi connectivity index (χ4v) is 2.17. The van der Waals surface area contributed by atoms with Crippen LogP contribution in [0.2, 0.25) is 5.02 Å². The monoisotopic (exact) mass is 280 g/mol. The molecule has 0 spiro atoms. The van der Waals surface area contributed by atoms with Gasteiger partial charge in [0.1, 0.15) is 6.10 Å². The number of benzene rings is 2. The van der Waals surface area contributed by atoms with Gasteiger partial charge in [-0.05, 0) is 11.6 Å². The zero-order valence-corrected chi connectivity index (χ0v) is 11.4. The summed E-state index contributed by atoms with van der Waals surface area (Å²) in [5.74, 6) is 0.466. The molecule has 0 amide bonds. The van der Waals surface area contributed by atoms with E-state index >= 15 is 0 Å². The Morgan fingerprint density at radius 2 is 1.61 bits per heavy atom. The van der Waals surface area contributed by atoms with Gasteiger partial charge in [0.25, 0.3) is 0 Å². The van der Waals surface area contributed by atoms with Gasteiger partial charge in [0.15, 0.2) is 0 Å².